The monoisotopic (exact) mass is 374 g/mol. The fraction of sp³-hybridized carbons (Fsp3) is 0.238. The minimum atomic E-state index is -0.755. The van der Waals surface area contributed by atoms with Gasteiger partial charge in [0.25, 0.3) is 5.89 Å². The number of hydrogen-bond acceptors (Lipinski definition) is 5. The van der Waals surface area contributed by atoms with Crippen LogP contribution in [0, 0.1) is 6.92 Å². The van der Waals surface area contributed by atoms with Gasteiger partial charge >= 0.3 is 5.97 Å². The van der Waals surface area contributed by atoms with Gasteiger partial charge < -0.3 is 14.2 Å². The maximum Gasteiger partial charge on any atom is 0.304 e. The van der Waals surface area contributed by atoms with Gasteiger partial charge in [0.05, 0.1) is 12.0 Å². The van der Waals surface area contributed by atoms with E-state index in [9.17, 15) is 4.79 Å². The van der Waals surface area contributed by atoms with Crippen molar-refractivity contribution in [2.45, 2.75) is 32.2 Å². The van der Waals surface area contributed by atoms with E-state index in [0.29, 0.717) is 11.7 Å². The van der Waals surface area contributed by atoms with Crippen LogP contribution in [0.15, 0.2) is 47.1 Å². The first kappa shape index (κ1) is 16.7. The highest BCUT2D eigenvalue weighted by Gasteiger charge is 2.27. The van der Waals surface area contributed by atoms with Gasteiger partial charge in [0.2, 0.25) is 5.82 Å². The number of benzene rings is 1. The molecule has 0 fully saturated rings. The van der Waals surface area contributed by atoms with Crippen molar-refractivity contribution in [1.82, 2.24) is 19.7 Å². The van der Waals surface area contributed by atoms with Gasteiger partial charge in [-0.3, -0.25) is 9.78 Å². The molecule has 0 saturated carbocycles. The Kier molecular flexibility index (Phi) is 3.75. The summed E-state index contributed by atoms with van der Waals surface area (Å²) in [6, 6.07) is 11.9. The van der Waals surface area contributed by atoms with Crippen molar-refractivity contribution in [2.24, 2.45) is 0 Å². The molecule has 1 aliphatic heterocycles. The minimum Gasteiger partial charge on any atom is -0.481 e. The van der Waals surface area contributed by atoms with Crippen LogP contribution in [-0.2, 0) is 11.3 Å². The van der Waals surface area contributed by atoms with Crippen molar-refractivity contribution < 1.29 is 14.4 Å². The van der Waals surface area contributed by atoms with Crippen LogP contribution in [0.25, 0.3) is 33.7 Å². The van der Waals surface area contributed by atoms with E-state index in [1.165, 1.54) is 0 Å². The second-order valence-electron chi connectivity index (χ2n) is 7.14. The summed E-state index contributed by atoms with van der Waals surface area (Å²) in [5, 5.41) is 14.3. The van der Waals surface area contributed by atoms with Gasteiger partial charge in [-0.2, -0.15) is 4.98 Å². The molecule has 0 radical (unpaired) electrons. The summed E-state index contributed by atoms with van der Waals surface area (Å²) in [4.78, 5) is 19.9. The molecule has 4 aromatic rings. The van der Waals surface area contributed by atoms with E-state index in [4.69, 9.17) is 9.63 Å². The van der Waals surface area contributed by atoms with Gasteiger partial charge in [0, 0.05) is 46.5 Å². The Morgan fingerprint density at radius 2 is 2.21 bits per heavy atom. The van der Waals surface area contributed by atoms with Crippen LogP contribution in [0.4, 0.5) is 0 Å². The Labute approximate surface area is 160 Å². The zero-order chi connectivity index (χ0) is 19.3. The molecule has 4 heterocycles. The number of carbonyl (C=O) groups is 1. The molecule has 1 unspecified atom stereocenters. The average molecular weight is 374 g/mol. The van der Waals surface area contributed by atoms with Crippen molar-refractivity contribution >= 4 is 16.9 Å². The normalized spacial score (nSPS) is 15.8. The second kappa shape index (κ2) is 6.30. The van der Waals surface area contributed by atoms with E-state index < -0.39 is 5.97 Å². The molecule has 0 spiro atoms. The fourth-order valence-electron chi connectivity index (χ4n) is 4.03. The van der Waals surface area contributed by atoms with Crippen LogP contribution in [0.1, 0.15) is 30.1 Å². The van der Waals surface area contributed by atoms with Crippen molar-refractivity contribution in [3.63, 3.8) is 0 Å². The molecule has 3 aromatic heterocycles. The van der Waals surface area contributed by atoms with Gasteiger partial charge in [-0.15, -0.1) is 0 Å². The largest absolute Gasteiger partial charge is 0.481 e. The third kappa shape index (κ3) is 2.67. The molecule has 1 atom stereocenters. The standard InChI is InChI=1S/C21H18N4O3/c1-12-16(3-2-7-22-12)21-23-20(24-28-21)14-4-5-17-15(9-14)10-18-13(11-19(26)27)6-8-25(17)18/h2-5,7,9-10,13H,6,8,11H2,1H3,(H,26,27). The molecule has 0 aliphatic carbocycles. The van der Waals surface area contributed by atoms with Crippen LogP contribution >= 0.6 is 0 Å². The Balaban J connectivity index is 1.51. The highest BCUT2D eigenvalue weighted by atomic mass is 16.5. The second-order valence-corrected chi connectivity index (χ2v) is 7.14. The zero-order valence-corrected chi connectivity index (χ0v) is 15.3. The number of pyridine rings is 1. The number of fused-ring (bicyclic) bond motifs is 3. The molecule has 0 saturated heterocycles. The lowest BCUT2D eigenvalue weighted by Crippen LogP contribution is -2.02. The number of rotatable bonds is 4. The van der Waals surface area contributed by atoms with E-state index in [1.54, 1.807) is 6.20 Å². The lowest BCUT2D eigenvalue weighted by molar-refractivity contribution is -0.137. The molecule has 7 heteroatoms. The number of aryl methyl sites for hydroxylation is 2. The Morgan fingerprint density at radius 1 is 1.32 bits per heavy atom. The summed E-state index contributed by atoms with van der Waals surface area (Å²) in [7, 11) is 0. The molecule has 1 aliphatic rings. The molecular formula is C21H18N4O3. The lowest BCUT2D eigenvalue weighted by atomic mass is 10.0. The predicted molar refractivity (Wildman–Crippen MR) is 103 cm³/mol. The van der Waals surface area contributed by atoms with Gasteiger partial charge in [-0.25, -0.2) is 0 Å². The minimum absolute atomic E-state index is 0.0682. The van der Waals surface area contributed by atoms with Crippen LogP contribution < -0.4 is 0 Å². The quantitative estimate of drug-likeness (QED) is 0.580. The molecule has 0 amide bonds. The topological polar surface area (TPSA) is 94.0 Å². The molecule has 1 N–H and O–H groups in total. The predicted octanol–water partition coefficient (Wildman–Crippen LogP) is 4.02. The number of aliphatic carboxylic acids is 1. The summed E-state index contributed by atoms with van der Waals surface area (Å²) in [5.41, 5.74) is 4.72. The molecule has 140 valence electrons. The highest BCUT2D eigenvalue weighted by molar-refractivity contribution is 5.86. The number of hydrogen-bond donors (Lipinski definition) is 1. The Bertz CT molecular complexity index is 1210. The molecule has 7 nitrogen and oxygen atoms in total. The SMILES string of the molecule is Cc1ncccc1-c1nc(-c2ccc3c(c2)cc2n3CCC2CC(=O)O)no1. The van der Waals surface area contributed by atoms with Crippen LogP contribution in [0.2, 0.25) is 0 Å². The first-order chi connectivity index (χ1) is 13.6. The summed E-state index contributed by atoms with van der Waals surface area (Å²) >= 11 is 0. The van der Waals surface area contributed by atoms with Crippen molar-refractivity contribution in [3.8, 4) is 22.8 Å². The molecule has 0 bridgehead atoms. The first-order valence-electron chi connectivity index (χ1n) is 9.21. The van der Waals surface area contributed by atoms with Crippen LogP contribution in [0.3, 0.4) is 0 Å². The zero-order valence-electron chi connectivity index (χ0n) is 15.3. The van der Waals surface area contributed by atoms with Gasteiger partial charge in [-0.1, -0.05) is 5.16 Å². The molecule has 5 rings (SSSR count). The smallest absolute Gasteiger partial charge is 0.304 e. The number of carboxylic acids is 1. The third-order valence-electron chi connectivity index (χ3n) is 5.40. The maximum atomic E-state index is 11.1. The van der Waals surface area contributed by atoms with Crippen molar-refractivity contribution in [2.75, 3.05) is 0 Å². The Hall–Kier alpha value is -3.48. The maximum absolute atomic E-state index is 11.1. The van der Waals surface area contributed by atoms with Crippen LogP contribution in [0.5, 0.6) is 0 Å². The number of nitrogens with zero attached hydrogens (tertiary/aromatic N) is 4. The first-order valence-corrected chi connectivity index (χ1v) is 9.21. The number of aromatic nitrogens is 4. The summed E-state index contributed by atoms with van der Waals surface area (Å²) in [6.07, 6.45) is 2.77. The van der Waals surface area contributed by atoms with E-state index in [2.05, 4.69) is 25.8 Å². The molecular weight excluding hydrogens is 356 g/mol. The Morgan fingerprint density at radius 3 is 3.04 bits per heavy atom. The third-order valence-corrected chi connectivity index (χ3v) is 5.40. The fourth-order valence-corrected chi connectivity index (χ4v) is 4.03. The summed E-state index contributed by atoms with van der Waals surface area (Å²) in [6.45, 7) is 2.75. The molecule has 28 heavy (non-hydrogen) atoms. The van der Waals surface area contributed by atoms with Gasteiger partial charge in [-0.05, 0) is 49.7 Å². The summed E-state index contributed by atoms with van der Waals surface area (Å²) in [5.74, 6) is 0.281. The van der Waals surface area contributed by atoms with Gasteiger partial charge in [0.15, 0.2) is 0 Å². The van der Waals surface area contributed by atoms with E-state index in [-0.39, 0.29) is 12.3 Å². The van der Waals surface area contributed by atoms with Crippen LogP contribution in [-0.4, -0.2) is 30.8 Å². The summed E-state index contributed by atoms with van der Waals surface area (Å²) < 4.78 is 7.66. The van der Waals surface area contributed by atoms with Crippen molar-refractivity contribution in [1.29, 1.82) is 0 Å². The van der Waals surface area contributed by atoms with E-state index >= 15 is 0 Å². The van der Waals surface area contributed by atoms with E-state index in [0.717, 1.165) is 46.4 Å². The van der Waals surface area contributed by atoms with Crippen molar-refractivity contribution in [3.05, 3.63) is 54.0 Å². The highest BCUT2D eigenvalue weighted by Crippen LogP contribution is 2.37. The van der Waals surface area contributed by atoms with Gasteiger partial charge in [0.1, 0.15) is 0 Å². The number of carboxylic acid groups (broad SMARTS) is 1. The lowest BCUT2D eigenvalue weighted by Gasteiger charge is -2.04. The average Bonchev–Trinajstić information content (AvgIpc) is 3.38. The van der Waals surface area contributed by atoms with E-state index in [1.807, 2.05) is 37.3 Å². The molecule has 1 aromatic carbocycles.